The van der Waals surface area contributed by atoms with Crippen molar-refractivity contribution in [2.24, 2.45) is 5.92 Å². The number of non-ortho nitro benzene ring substituents is 1. The van der Waals surface area contributed by atoms with Gasteiger partial charge in [0.2, 0.25) is 5.91 Å². The van der Waals surface area contributed by atoms with E-state index in [9.17, 15) is 14.9 Å². The molecule has 2 atom stereocenters. The summed E-state index contributed by atoms with van der Waals surface area (Å²) in [6.07, 6.45) is 2.17. The van der Waals surface area contributed by atoms with Crippen molar-refractivity contribution >= 4 is 17.3 Å². The predicted molar refractivity (Wildman–Crippen MR) is 116 cm³/mol. The molecule has 1 N–H and O–H groups in total. The molecule has 0 unspecified atom stereocenters. The largest absolute Gasteiger partial charge is 0.365 e. The van der Waals surface area contributed by atoms with Crippen LogP contribution in [0.4, 0.5) is 11.4 Å². The highest BCUT2D eigenvalue weighted by atomic mass is 16.6. The molecule has 7 heteroatoms. The Bertz CT molecular complexity index is 947. The SMILES string of the molecule is C=CCNC(=O)[C@@H]1Cc2cc([N+](=O)[O-])ccc2N2CCN(Cc3ccccc3)C[C@@H]12. The van der Waals surface area contributed by atoms with Gasteiger partial charge < -0.3 is 10.2 Å². The molecule has 4 rings (SSSR count). The first kappa shape index (κ1) is 20.1. The van der Waals surface area contributed by atoms with Gasteiger partial charge in [0.15, 0.2) is 0 Å². The highest BCUT2D eigenvalue weighted by Gasteiger charge is 2.41. The van der Waals surface area contributed by atoms with Gasteiger partial charge >= 0.3 is 0 Å². The average molecular weight is 406 g/mol. The highest BCUT2D eigenvalue weighted by molar-refractivity contribution is 5.82. The Hall–Kier alpha value is -3.19. The van der Waals surface area contributed by atoms with Crippen molar-refractivity contribution in [3.8, 4) is 0 Å². The summed E-state index contributed by atoms with van der Waals surface area (Å²) in [5.41, 5.74) is 3.21. The lowest BCUT2D eigenvalue weighted by Gasteiger charge is -2.49. The van der Waals surface area contributed by atoms with Crippen LogP contribution in [0.2, 0.25) is 0 Å². The third-order valence-corrected chi connectivity index (χ3v) is 6.00. The second kappa shape index (κ2) is 8.67. The van der Waals surface area contributed by atoms with Crippen LogP contribution in [0.15, 0.2) is 61.2 Å². The topological polar surface area (TPSA) is 78.7 Å². The van der Waals surface area contributed by atoms with Crippen molar-refractivity contribution in [2.45, 2.75) is 19.0 Å². The Kier molecular flexibility index (Phi) is 5.81. The van der Waals surface area contributed by atoms with E-state index in [-0.39, 0.29) is 28.5 Å². The van der Waals surface area contributed by atoms with E-state index in [1.54, 1.807) is 18.2 Å². The maximum absolute atomic E-state index is 13.0. The van der Waals surface area contributed by atoms with Crippen molar-refractivity contribution in [3.63, 3.8) is 0 Å². The number of fused-ring (bicyclic) bond motifs is 3. The van der Waals surface area contributed by atoms with Crippen LogP contribution in [0.1, 0.15) is 11.1 Å². The predicted octanol–water partition coefficient (Wildman–Crippen LogP) is 2.76. The highest BCUT2D eigenvalue weighted by Crippen LogP contribution is 2.38. The monoisotopic (exact) mass is 406 g/mol. The third-order valence-electron chi connectivity index (χ3n) is 6.00. The molecule has 7 nitrogen and oxygen atoms in total. The summed E-state index contributed by atoms with van der Waals surface area (Å²) in [5.74, 6) is -0.290. The summed E-state index contributed by atoms with van der Waals surface area (Å²) in [4.78, 5) is 28.5. The number of nitro groups is 1. The summed E-state index contributed by atoms with van der Waals surface area (Å²) in [6, 6.07) is 15.4. The van der Waals surface area contributed by atoms with Crippen LogP contribution in [0.5, 0.6) is 0 Å². The van der Waals surface area contributed by atoms with Crippen LogP contribution < -0.4 is 10.2 Å². The van der Waals surface area contributed by atoms with E-state index in [4.69, 9.17) is 0 Å². The van der Waals surface area contributed by atoms with Gasteiger partial charge in [-0.15, -0.1) is 6.58 Å². The number of nitrogens with zero attached hydrogens (tertiary/aromatic N) is 3. The lowest BCUT2D eigenvalue weighted by molar-refractivity contribution is -0.384. The van der Waals surface area contributed by atoms with E-state index in [0.717, 1.165) is 37.4 Å². The van der Waals surface area contributed by atoms with Gasteiger partial charge in [0.25, 0.3) is 5.69 Å². The van der Waals surface area contributed by atoms with Gasteiger partial charge in [0, 0.05) is 50.5 Å². The number of benzene rings is 2. The summed E-state index contributed by atoms with van der Waals surface area (Å²) in [7, 11) is 0. The fraction of sp³-hybridized carbons (Fsp3) is 0.348. The first-order valence-corrected chi connectivity index (χ1v) is 10.3. The van der Waals surface area contributed by atoms with E-state index in [0.29, 0.717) is 13.0 Å². The molecule has 2 aliphatic heterocycles. The second-order valence-corrected chi connectivity index (χ2v) is 7.90. The van der Waals surface area contributed by atoms with E-state index < -0.39 is 0 Å². The molecule has 1 amide bonds. The van der Waals surface area contributed by atoms with Crippen LogP contribution in [0, 0.1) is 16.0 Å². The third kappa shape index (κ3) is 4.07. The minimum atomic E-state index is -0.378. The number of piperazine rings is 1. The number of nitrogens with one attached hydrogen (secondary N) is 1. The number of amides is 1. The fourth-order valence-corrected chi connectivity index (χ4v) is 4.57. The van der Waals surface area contributed by atoms with E-state index in [1.807, 2.05) is 24.3 Å². The number of anilines is 1. The smallest absolute Gasteiger partial charge is 0.269 e. The Morgan fingerprint density at radius 1 is 1.23 bits per heavy atom. The first-order valence-electron chi connectivity index (χ1n) is 10.3. The first-order chi connectivity index (χ1) is 14.6. The van der Waals surface area contributed by atoms with E-state index in [2.05, 4.69) is 33.8 Å². The summed E-state index contributed by atoms with van der Waals surface area (Å²) in [6.45, 7) is 7.38. The van der Waals surface area contributed by atoms with E-state index in [1.165, 1.54) is 5.56 Å². The van der Waals surface area contributed by atoms with Crippen LogP contribution in [0.25, 0.3) is 0 Å². The zero-order chi connectivity index (χ0) is 21.1. The van der Waals surface area contributed by atoms with Crippen molar-refractivity contribution in [2.75, 3.05) is 31.1 Å². The summed E-state index contributed by atoms with van der Waals surface area (Å²) >= 11 is 0. The van der Waals surface area contributed by atoms with Gasteiger partial charge in [0.05, 0.1) is 16.9 Å². The molecule has 0 saturated carbocycles. The number of carbonyl (C=O) groups excluding carboxylic acids is 1. The molecule has 30 heavy (non-hydrogen) atoms. The zero-order valence-corrected chi connectivity index (χ0v) is 16.9. The molecule has 2 heterocycles. The number of carbonyl (C=O) groups is 1. The van der Waals surface area contributed by atoms with Crippen LogP contribution in [0.3, 0.4) is 0 Å². The van der Waals surface area contributed by atoms with Crippen molar-refractivity contribution < 1.29 is 9.72 Å². The van der Waals surface area contributed by atoms with Gasteiger partial charge in [-0.1, -0.05) is 36.4 Å². The fourth-order valence-electron chi connectivity index (χ4n) is 4.57. The number of hydrogen-bond donors (Lipinski definition) is 1. The average Bonchev–Trinajstić information content (AvgIpc) is 2.77. The molecule has 0 bridgehead atoms. The number of nitro benzene ring substituents is 1. The van der Waals surface area contributed by atoms with Crippen molar-refractivity contribution in [1.82, 2.24) is 10.2 Å². The molecule has 0 spiro atoms. The molecular weight excluding hydrogens is 380 g/mol. The Balaban J connectivity index is 1.61. The van der Waals surface area contributed by atoms with Crippen LogP contribution in [-0.4, -0.2) is 48.0 Å². The molecule has 0 radical (unpaired) electrons. The number of rotatable bonds is 6. The summed E-state index contributed by atoms with van der Waals surface area (Å²) < 4.78 is 0. The van der Waals surface area contributed by atoms with Crippen LogP contribution >= 0.6 is 0 Å². The summed E-state index contributed by atoms with van der Waals surface area (Å²) in [5, 5.41) is 14.2. The Morgan fingerprint density at radius 2 is 2.03 bits per heavy atom. The van der Waals surface area contributed by atoms with Crippen molar-refractivity contribution in [1.29, 1.82) is 0 Å². The van der Waals surface area contributed by atoms with Gasteiger partial charge in [-0.2, -0.15) is 0 Å². The maximum Gasteiger partial charge on any atom is 0.269 e. The van der Waals surface area contributed by atoms with Crippen LogP contribution in [-0.2, 0) is 17.8 Å². The molecule has 1 fully saturated rings. The lowest BCUT2D eigenvalue weighted by Crippen LogP contribution is -2.60. The molecule has 0 aliphatic carbocycles. The molecule has 1 saturated heterocycles. The van der Waals surface area contributed by atoms with Gasteiger partial charge in [0.1, 0.15) is 0 Å². The molecule has 2 aliphatic rings. The molecule has 2 aromatic carbocycles. The van der Waals surface area contributed by atoms with Gasteiger partial charge in [-0.05, 0) is 23.6 Å². The zero-order valence-electron chi connectivity index (χ0n) is 16.9. The minimum absolute atomic E-state index is 0.0244. The maximum atomic E-state index is 13.0. The molecule has 2 aromatic rings. The number of hydrogen-bond acceptors (Lipinski definition) is 5. The molecule has 0 aromatic heterocycles. The lowest BCUT2D eigenvalue weighted by atomic mass is 9.83. The van der Waals surface area contributed by atoms with Gasteiger partial charge in [-0.25, -0.2) is 0 Å². The normalized spacial score (nSPS) is 20.7. The Labute approximate surface area is 176 Å². The van der Waals surface area contributed by atoms with Crippen molar-refractivity contribution in [3.05, 3.63) is 82.4 Å². The second-order valence-electron chi connectivity index (χ2n) is 7.90. The van der Waals surface area contributed by atoms with Gasteiger partial charge in [-0.3, -0.25) is 19.8 Å². The molecular formula is C23H26N4O3. The molecule has 156 valence electrons. The Morgan fingerprint density at radius 3 is 2.77 bits per heavy atom. The quantitative estimate of drug-likeness (QED) is 0.453. The van der Waals surface area contributed by atoms with E-state index >= 15 is 0 Å². The standard InChI is InChI=1S/C23H26N4O3/c1-2-10-24-23(28)20-14-18-13-19(27(29)30)8-9-21(18)26-12-11-25(16-22(20)26)15-17-6-4-3-5-7-17/h2-9,13,20,22H,1,10-12,14-16H2,(H,24,28)/t20-,22+/m1/s1. The minimum Gasteiger partial charge on any atom is -0.365 e.